The maximum Gasteiger partial charge on any atom is 0.347 e. The van der Waals surface area contributed by atoms with E-state index in [9.17, 15) is 8.78 Å². The molecule has 0 radical (unpaired) electrons. The van der Waals surface area contributed by atoms with Crippen LogP contribution in [0.1, 0.15) is 19.3 Å². The zero-order chi connectivity index (χ0) is 7.78. The third kappa shape index (κ3) is 1.58. The molecule has 0 spiro atoms. The first-order valence-corrected chi connectivity index (χ1v) is 3.64. The van der Waals surface area contributed by atoms with Gasteiger partial charge in [0.25, 0.3) is 0 Å². The number of aliphatic hydroxyl groups excluding tert-OH is 1. The van der Waals surface area contributed by atoms with Gasteiger partial charge in [-0.1, -0.05) is 6.42 Å². The summed E-state index contributed by atoms with van der Waals surface area (Å²) in [5, 5.41) is 5.38. The van der Waals surface area contributed by atoms with Crippen LogP contribution in [0.5, 0.6) is 0 Å². The molecule has 1 aliphatic carbocycles. The van der Waals surface area contributed by atoms with Crippen molar-refractivity contribution in [3.63, 3.8) is 0 Å². The molecule has 1 unspecified atom stereocenters. The Bertz CT molecular complexity index is 119. The molecular weight excluding hydrogens is 162 g/mol. The molecule has 10 heavy (non-hydrogen) atoms. The van der Waals surface area contributed by atoms with Gasteiger partial charge in [-0.2, -0.15) is 8.78 Å². The van der Waals surface area contributed by atoms with Crippen LogP contribution in [0.3, 0.4) is 0 Å². The van der Waals surface area contributed by atoms with Crippen LogP contribution in [0, 0.1) is 5.92 Å². The molecule has 1 nitrogen and oxygen atoms in total. The number of hydrogen-bond acceptors (Lipinski definition) is 1. The zero-order valence-electron chi connectivity index (χ0n) is 5.36. The lowest BCUT2D eigenvalue weighted by Gasteiger charge is -2.32. The van der Waals surface area contributed by atoms with E-state index in [1.807, 2.05) is 0 Å². The molecule has 1 atom stereocenters. The second kappa shape index (κ2) is 2.62. The molecule has 0 aromatic carbocycles. The Morgan fingerprint density at radius 1 is 1.50 bits per heavy atom. The number of rotatable bonds is 2. The highest BCUT2D eigenvalue weighted by Gasteiger charge is 2.43. The van der Waals surface area contributed by atoms with Crippen LogP contribution in [0.2, 0.25) is 0 Å². The lowest BCUT2D eigenvalue weighted by Crippen LogP contribution is -2.38. The van der Waals surface area contributed by atoms with Crippen LogP contribution in [0.4, 0.5) is 8.78 Å². The van der Waals surface area contributed by atoms with E-state index in [0.717, 1.165) is 6.42 Å². The van der Waals surface area contributed by atoms with Crippen LogP contribution in [-0.4, -0.2) is 16.6 Å². The molecule has 0 aromatic heterocycles. The zero-order valence-corrected chi connectivity index (χ0v) is 6.11. The van der Waals surface area contributed by atoms with Gasteiger partial charge in [-0.25, -0.2) is 0 Å². The number of alkyl halides is 3. The monoisotopic (exact) mass is 170 g/mol. The van der Waals surface area contributed by atoms with Crippen molar-refractivity contribution in [2.75, 3.05) is 0 Å². The third-order valence-corrected chi connectivity index (χ3v) is 2.16. The quantitative estimate of drug-likeness (QED) is 0.629. The topological polar surface area (TPSA) is 20.2 Å². The van der Waals surface area contributed by atoms with Gasteiger partial charge in [-0.15, -0.1) is 0 Å². The van der Waals surface area contributed by atoms with Gasteiger partial charge in [0.05, 0.1) is 0 Å². The molecule has 0 heterocycles. The molecule has 0 amide bonds. The number of aliphatic hydroxyl groups is 1. The molecular formula is C6H9ClF2O. The second-order valence-electron chi connectivity index (χ2n) is 2.68. The van der Waals surface area contributed by atoms with Crippen molar-refractivity contribution in [1.29, 1.82) is 0 Å². The molecule has 1 N–H and O–H groups in total. The Balaban J connectivity index is 2.39. The van der Waals surface area contributed by atoms with E-state index in [4.69, 9.17) is 5.11 Å². The van der Waals surface area contributed by atoms with Crippen molar-refractivity contribution < 1.29 is 13.9 Å². The minimum Gasteiger partial charge on any atom is -0.385 e. The van der Waals surface area contributed by atoms with Gasteiger partial charge in [0.2, 0.25) is 0 Å². The lowest BCUT2D eigenvalue weighted by atomic mass is 9.81. The highest BCUT2D eigenvalue weighted by Crippen LogP contribution is 2.38. The maximum atomic E-state index is 12.1. The van der Waals surface area contributed by atoms with Gasteiger partial charge in [-0.3, -0.25) is 0 Å². The summed E-state index contributed by atoms with van der Waals surface area (Å²) < 4.78 is 24.2. The van der Waals surface area contributed by atoms with Crippen molar-refractivity contribution in [3.8, 4) is 0 Å². The van der Waals surface area contributed by atoms with E-state index in [2.05, 4.69) is 11.6 Å². The van der Waals surface area contributed by atoms with Crippen molar-refractivity contribution >= 4 is 11.6 Å². The Morgan fingerprint density at radius 2 is 2.00 bits per heavy atom. The van der Waals surface area contributed by atoms with E-state index < -0.39 is 11.5 Å². The predicted octanol–water partition coefficient (Wildman–Crippen LogP) is 1.98. The normalized spacial score (nSPS) is 24.0. The van der Waals surface area contributed by atoms with Gasteiger partial charge in [-0.05, 0) is 30.4 Å². The van der Waals surface area contributed by atoms with Crippen LogP contribution in [0.15, 0.2) is 0 Å². The van der Waals surface area contributed by atoms with E-state index in [1.54, 1.807) is 0 Å². The molecule has 0 aliphatic heterocycles. The van der Waals surface area contributed by atoms with Crippen LogP contribution in [0.25, 0.3) is 0 Å². The summed E-state index contributed by atoms with van der Waals surface area (Å²) in [6.45, 7) is 0. The first-order chi connectivity index (χ1) is 4.52. The maximum absolute atomic E-state index is 12.1. The van der Waals surface area contributed by atoms with E-state index >= 15 is 0 Å². The molecule has 0 aromatic rings. The van der Waals surface area contributed by atoms with Crippen molar-refractivity contribution in [2.24, 2.45) is 5.92 Å². The van der Waals surface area contributed by atoms with Crippen LogP contribution >= 0.6 is 11.6 Å². The standard InChI is InChI=1S/C6H9ClF2O/c7-6(8,9)5(10)4-2-1-3-4/h4-5,10H,1-3H2. The highest BCUT2D eigenvalue weighted by molar-refractivity contribution is 6.22. The van der Waals surface area contributed by atoms with Gasteiger partial charge >= 0.3 is 5.38 Å². The van der Waals surface area contributed by atoms with E-state index in [0.29, 0.717) is 12.8 Å². The second-order valence-corrected chi connectivity index (χ2v) is 3.18. The van der Waals surface area contributed by atoms with Gasteiger partial charge in [0, 0.05) is 0 Å². The fourth-order valence-electron chi connectivity index (χ4n) is 1.02. The van der Waals surface area contributed by atoms with Crippen LogP contribution < -0.4 is 0 Å². The summed E-state index contributed by atoms with van der Waals surface area (Å²) in [5.74, 6) is -0.285. The van der Waals surface area contributed by atoms with Crippen molar-refractivity contribution in [2.45, 2.75) is 30.7 Å². The van der Waals surface area contributed by atoms with Gasteiger partial charge in [0.15, 0.2) is 0 Å². The molecule has 1 saturated carbocycles. The lowest BCUT2D eigenvalue weighted by molar-refractivity contribution is -0.0876. The first kappa shape index (κ1) is 8.21. The fraction of sp³-hybridized carbons (Fsp3) is 1.00. The van der Waals surface area contributed by atoms with Crippen molar-refractivity contribution in [3.05, 3.63) is 0 Å². The number of hydrogen-bond donors (Lipinski definition) is 1. The summed E-state index contributed by atoms with van der Waals surface area (Å²) in [6.07, 6.45) is 0.615. The summed E-state index contributed by atoms with van der Waals surface area (Å²) in [6, 6.07) is 0. The Labute approximate surface area is 63.0 Å². The molecule has 1 rings (SSSR count). The summed E-state index contributed by atoms with van der Waals surface area (Å²) in [4.78, 5) is 0. The SMILES string of the molecule is OC(C1CCC1)C(F)(F)Cl. The first-order valence-electron chi connectivity index (χ1n) is 3.26. The third-order valence-electron chi connectivity index (χ3n) is 1.93. The highest BCUT2D eigenvalue weighted by atomic mass is 35.5. The Hall–Kier alpha value is 0.110. The molecule has 1 aliphatic rings. The molecule has 4 heteroatoms. The molecule has 1 fully saturated rings. The Kier molecular flexibility index (Phi) is 2.15. The molecule has 0 saturated heterocycles. The van der Waals surface area contributed by atoms with Crippen LogP contribution in [-0.2, 0) is 0 Å². The predicted molar refractivity (Wildman–Crippen MR) is 34.1 cm³/mol. The van der Waals surface area contributed by atoms with Gasteiger partial charge in [0.1, 0.15) is 6.10 Å². The average molecular weight is 171 g/mol. The average Bonchev–Trinajstić information content (AvgIpc) is 1.57. The molecule has 60 valence electrons. The summed E-state index contributed by atoms with van der Waals surface area (Å²) in [5.41, 5.74) is 0. The largest absolute Gasteiger partial charge is 0.385 e. The Morgan fingerprint density at radius 3 is 2.10 bits per heavy atom. The summed E-state index contributed by atoms with van der Waals surface area (Å²) in [7, 11) is 0. The fourth-order valence-corrected chi connectivity index (χ4v) is 1.20. The smallest absolute Gasteiger partial charge is 0.347 e. The van der Waals surface area contributed by atoms with E-state index in [1.165, 1.54) is 0 Å². The minimum atomic E-state index is -3.44. The number of halogens is 3. The van der Waals surface area contributed by atoms with Crippen molar-refractivity contribution in [1.82, 2.24) is 0 Å². The van der Waals surface area contributed by atoms with E-state index in [-0.39, 0.29) is 5.92 Å². The summed E-state index contributed by atoms with van der Waals surface area (Å²) >= 11 is 4.61. The minimum absolute atomic E-state index is 0.285. The van der Waals surface area contributed by atoms with Gasteiger partial charge < -0.3 is 5.11 Å². The molecule has 0 bridgehead atoms.